The van der Waals surface area contributed by atoms with Crippen molar-refractivity contribution < 1.29 is 9.59 Å². The molecule has 0 atom stereocenters. The van der Waals surface area contributed by atoms with Crippen LogP contribution in [0.1, 0.15) is 66.2 Å². The monoisotopic (exact) mass is 375 g/mol. The first-order chi connectivity index (χ1) is 12.0. The van der Waals surface area contributed by atoms with Gasteiger partial charge < -0.3 is 5.32 Å². The van der Waals surface area contributed by atoms with E-state index < -0.39 is 0 Å². The molecule has 1 aliphatic heterocycles. The summed E-state index contributed by atoms with van der Waals surface area (Å²) < 4.78 is 1.57. The molecule has 2 aromatic rings. The number of anilines is 1. The molecule has 3 heterocycles. The van der Waals surface area contributed by atoms with Crippen LogP contribution in [0.4, 0.5) is 5.13 Å². The molecule has 8 heteroatoms. The molecule has 140 valence electrons. The van der Waals surface area contributed by atoms with Crippen molar-refractivity contribution in [1.82, 2.24) is 20.1 Å². The Balaban J connectivity index is 1.85. The lowest BCUT2D eigenvalue weighted by atomic mass is 9.88. The number of hydrogen-bond acceptors (Lipinski definition) is 5. The Morgan fingerprint density at radius 1 is 1.38 bits per heavy atom. The summed E-state index contributed by atoms with van der Waals surface area (Å²) in [6, 6.07) is 1.80. The number of carbonyl (C=O) groups is 2. The second-order valence-electron chi connectivity index (χ2n) is 8.56. The number of amides is 2. The summed E-state index contributed by atoms with van der Waals surface area (Å²) in [7, 11) is 1.75. The van der Waals surface area contributed by atoms with E-state index in [0.29, 0.717) is 28.7 Å². The topological polar surface area (TPSA) is 88.9 Å². The van der Waals surface area contributed by atoms with Gasteiger partial charge in [-0.05, 0) is 17.9 Å². The Labute approximate surface area is 157 Å². The molecule has 2 amide bonds. The van der Waals surface area contributed by atoms with E-state index in [1.807, 2.05) is 0 Å². The van der Waals surface area contributed by atoms with Crippen LogP contribution in [0.3, 0.4) is 0 Å². The molecule has 0 unspecified atom stereocenters. The van der Waals surface area contributed by atoms with E-state index in [0.717, 1.165) is 11.4 Å². The lowest BCUT2D eigenvalue weighted by molar-refractivity contribution is 0.0947. The Morgan fingerprint density at radius 3 is 2.69 bits per heavy atom. The maximum absolute atomic E-state index is 12.7. The van der Waals surface area contributed by atoms with Gasteiger partial charge in [0.1, 0.15) is 10.6 Å². The van der Waals surface area contributed by atoms with Crippen molar-refractivity contribution in [1.29, 1.82) is 0 Å². The van der Waals surface area contributed by atoms with E-state index in [9.17, 15) is 9.59 Å². The van der Waals surface area contributed by atoms with Crippen molar-refractivity contribution in [3.05, 3.63) is 28.0 Å². The average Bonchev–Trinajstić information content (AvgIpc) is 3.05. The standard InChI is InChI=1S/C18H25N5O2S/c1-17(2,3)12-7-11(23(6)22-12)14(24)21-16-20-10-8-18(4,5)9-19-15(25)13(10)26-16/h7H,8-9H2,1-6H3,(H,19,25)(H,20,21,24). The van der Waals surface area contributed by atoms with Gasteiger partial charge in [-0.15, -0.1) is 0 Å². The summed E-state index contributed by atoms with van der Waals surface area (Å²) in [5.74, 6) is -0.404. The van der Waals surface area contributed by atoms with Crippen molar-refractivity contribution in [2.75, 3.05) is 11.9 Å². The summed E-state index contributed by atoms with van der Waals surface area (Å²) in [5, 5.41) is 10.6. The van der Waals surface area contributed by atoms with Crippen molar-refractivity contribution >= 4 is 28.3 Å². The summed E-state index contributed by atoms with van der Waals surface area (Å²) in [4.78, 5) is 30.0. The van der Waals surface area contributed by atoms with Crippen LogP contribution in [0.25, 0.3) is 0 Å². The molecule has 2 N–H and O–H groups in total. The van der Waals surface area contributed by atoms with Crippen molar-refractivity contribution in [2.45, 2.75) is 46.5 Å². The number of aromatic nitrogens is 3. The third-order valence-electron chi connectivity index (χ3n) is 4.38. The highest BCUT2D eigenvalue weighted by molar-refractivity contribution is 7.17. The van der Waals surface area contributed by atoms with Crippen LogP contribution < -0.4 is 10.6 Å². The Bertz CT molecular complexity index is 873. The summed E-state index contributed by atoms with van der Waals surface area (Å²) in [6.07, 6.45) is 0.688. The smallest absolute Gasteiger partial charge is 0.275 e. The first-order valence-corrected chi connectivity index (χ1v) is 9.42. The predicted molar refractivity (Wildman–Crippen MR) is 102 cm³/mol. The van der Waals surface area contributed by atoms with Gasteiger partial charge in [0, 0.05) is 19.0 Å². The molecule has 0 saturated heterocycles. The second-order valence-corrected chi connectivity index (χ2v) is 9.56. The maximum atomic E-state index is 12.7. The van der Waals surface area contributed by atoms with Gasteiger partial charge in [-0.1, -0.05) is 46.0 Å². The van der Waals surface area contributed by atoms with Crippen LogP contribution in [-0.4, -0.2) is 33.1 Å². The number of nitrogens with zero attached hydrogens (tertiary/aromatic N) is 3. The Kier molecular flexibility index (Phi) is 4.42. The lowest BCUT2D eigenvalue weighted by Gasteiger charge is -2.21. The summed E-state index contributed by atoms with van der Waals surface area (Å²) in [5.41, 5.74) is 1.84. The van der Waals surface area contributed by atoms with E-state index >= 15 is 0 Å². The van der Waals surface area contributed by atoms with E-state index in [4.69, 9.17) is 0 Å². The van der Waals surface area contributed by atoms with Gasteiger partial charge in [0.2, 0.25) is 0 Å². The van der Waals surface area contributed by atoms with Gasteiger partial charge in [0.05, 0.1) is 11.4 Å². The number of carbonyl (C=O) groups excluding carboxylic acids is 2. The minimum absolute atomic E-state index is 0.0695. The van der Waals surface area contributed by atoms with Crippen molar-refractivity contribution in [2.24, 2.45) is 12.5 Å². The number of hydrogen-bond donors (Lipinski definition) is 2. The molecule has 0 spiro atoms. The molecule has 0 fully saturated rings. The van der Waals surface area contributed by atoms with Gasteiger partial charge in [0.25, 0.3) is 11.8 Å². The zero-order chi connectivity index (χ0) is 19.3. The fraction of sp³-hybridized carbons (Fsp3) is 0.556. The highest BCUT2D eigenvalue weighted by Crippen LogP contribution is 2.31. The number of fused-ring (bicyclic) bond motifs is 1. The minimum atomic E-state index is -0.279. The van der Waals surface area contributed by atoms with E-state index in [-0.39, 0.29) is 22.6 Å². The maximum Gasteiger partial charge on any atom is 0.275 e. The zero-order valence-electron chi connectivity index (χ0n) is 16.1. The van der Waals surface area contributed by atoms with Gasteiger partial charge in [-0.2, -0.15) is 5.10 Å². The molecule has 7 nitrogen and oxygen atoms in total. The molecule has 0 saturated carbocycles. The summed E-state index contributed by atoms with van der Waals surface area (Å²) >= 11 is 1.21. The molecule has 2 aromatic heterocycles. The van der Waals surface area contributed by atoms with Crippen LogP contribution in [-0.2, 0) is 18.9 Å². The quantitative estimate of drug-likeness (QED) is 0.845. The third-order valence-corrected chi connectivity index (χ3v) is 5.39. The SMILES string of the molecule is Cn1nc(C(C)(C)C)cc1C(=O)Nc1nc2c(s1)C(=O)NCC(C)(C)C2. The first-order valence-electron chi connectivity index (χ1n) is 8.60. The van der Waals surface area contributed by atoms with E-state index in [1.165, 1.54) is 11.3 Å². The van der Waals surface area contributed by atoms with Gasteiger partial charge in [0.15, 0.2) is 5.13 Å². The Hall–Kier alpha value is -2.22. The first kappa shape index (κ1) is 18.6. The number of nitrogens with one attached hydrogen (secondary N) is 2. The summed E-state index contributed by atoms with van der Waals surface area (Å²) in [6.45, 7) is 10.9. The highest BCUT2D eigenvalue weighted by Gasteiger charge is 2.30. The average molecular weight is 375 g/mol. The molecule has 1 aliphatic rings. The van der Waals surface area contributed by atoms with Crippen molar-refractivity contribution in [3.63, 3.8) is 0 Å². The van der Waals surface area contributed by atoms with Crippen LogP contribution >= 0.6 is 11.3 Å². The molecule has 0 aromatic carbocycles. The van der Waals surface area contributed by atoms with E-state index in [1.54, 1.807) is 17.8 Å². The van der Waals surface area contributed by atoms with Crippen LogP contribution in [0.15, 0.2) is 6.07 Å². The fourth-order valence-corrected chi connectivity index (χ4v) is 3.72. The number of rotatable bonds is 2. The molecule has 0 aliphatic carbocycles. The largest absolute Gasteiger partial charge is 0.351 e. The molecular formula is C18H25N5O2S. The zero-order valence-corrected chi connectivity index (χ0v) is 16.9. The minimum Gasteiger partial charge on any atom is -0.351 e. The van der Waals surface area contributed by atoms with Gasteiger partial charge in [-0.3, -0.25) is 19.6 Å². The second kappa shape index (κ2) is 6.19. The molecule has 0 bridgehead atoms. The third kappa shape index (κ3) is 3.65. The molecule has 0 radical (unpaired) electrons. The van der Waals surface area contributed by atoms with Crippen LogP contribution in [0.5, 0.6) is 0 Å². The number of aryl methyl sites for hydroxylation is 1. The number of thiazole rings is 1. The molecule has 3 rings (SSSR count). The van der Waals surface area contributed by atoms with Crippen LogP contribution in [0.2, 0.25) is 0 Å². The van der Waals surface area contributed by atoms with E-state index in [2.05, 4.69) is 55.3 Å². The van der Waals surface area contributed by atoms with Gasteiger partial charge in [-0.25, -0.2) is 4.98 Å². The van der Waals surface area contributed by atoms with Gasteiger partial charge >= 0.3 is 0 Å². The normalized spacial score (nSPS) is 16.6. The molecular weight excluding hydrogens is 350 g/mol. The highest BCUT2D eigenvalue weighted by atomic mass is 32.1. The van der Waals surface area contributed by atoms with Crippen molar-refractivity contribution in [3.8, 4) is 0 Å². The fourth-order valence-electron chi connectivity index (χ4n) is 2.83. The lowest BCUT2D eigenvalue weighted by Crippen LogP contribution is -2.31. The van der Waals surface area contributed by atoms with Crippen LogP contribution in [0, 0.1) is 5.41 Å². The predicted octanol–water partition coefficient (Wildman–Crippen LogP) is 2.74. The molecule has 26 heavy (non-hydrogen) atoms. The Morgan fingerprint density at radius 2 is 2.08 bits per heavy atom.